The standard InChI is InChI=1S/C26H28N4/c1-16-18(3)27(7)22-12-8-9-13-23(22)28-20(5)17(2)21(6)30-25-15-11-10-14-24(25)29(19(16)4)26(28)30/h8-15H,7H2,1-6H3. The predicted octanol–water partition coefficient (Wildman–Crippen LogP) is 3.11. The van der Waals surface area contributed by atoms with E-state index in [9.17, 15) is 0 Å². The number of imidazole rings is 1. The summed E-state index contributed by atoms with van der Waals surface area (Å²) in [6, 6.07) is 17.2. The second kappa shape index (κ2) is 6.30. The van der Waals surface area contributed by atoms with Crippen molar-refractivity contribution in [3.63, 3.8) is 0 Å². The third kappa shape index (κ3) is 2.22. The molecular formula is C26H28N4. The normalized spacial score (nSPS) is 11.8. The molecule has 0 N–H and O–H groups in total. The van der Waals surface area contributed by atoms with Crippen LogP contribution in [0.5, 0.6) is 0 Å². The van der Waals surface area contributed by atoms with Gasteiger partial charge in [0, 0.05) is 11.1 Å². The average molecular weight is 397 g/mol. The van der Waals surface area contributed by atoms with Gasteiger partial charge < -0.3 is 0 Å². The van der Waals surface area contributed by atoms with Crippen molar-refractivity contribution < 1.29 is 17.4 Å². The summed E-state index contributed by atoms with van der Waals surface area (Å²) in [5.74, 6) is 1.14. The monoisotopic (exact) mass is 396 g/mol. The van der Waals surface area contributed by atoms with Crippen LogP contribution >= 0.6 is 0 Å². The second-order valence-corrected chi connectivity index (χ2v) is 8.30. The minimum absolute atomic E-state index is 1.10. The van der Waals surface area contributed by atoms with Gasteiger partial charge in [-0.3, -0.25) is 4.24 Å². The lowest BCUT2D eigenvalue weighted by Gasteiger charge is -2.05. The maximum Gasteiger partial charge on any atom is 0.618 e. The van der Waals surface area contributed by atoms with Gasteiger partial charge in [0.15, 0.2) is 11.0 Å². The minimum Gasteiger partial charge on any atom is -0.276 e. The van der Waals surface area contributed by atoms with Crippen LogP contribution in [0.1, 0.15) is 33.9 Å². The number of hydrogen-bond acceptors (Lipinski definition) is 0. The van der Waals surface area contributed by atoms with Gasteiger partial charge >= 0.3 is 5.78 Å². The zero-order valence-electron chi connectivity index (χ0n) is 18.6. The molecule has 3 aromatic heterocycles. The molecule has 30 heavy (non-hydrogen) atoms. The number of para-hydroxylation sites is 4. The number of nitrogens with zero attached hydrogens (tertiary/aromatic N) is 4. The Morgan fingerprint density at radius 1 is 0.733 bits per heavy atom. The first-order valence-electron chi connectivity index (χ1n) is 10.4. The first-order chi connectivity index (χ1) is 14.3. The maximum atomic E-state index is 4.42. The van der Waals surface area contributed by atoms with E-state index >= 15 is 0 Å². The molecule has 0 saturated carbocycles. The van der Waals surface area contributed by atoms with Crippen LogP contribution in [-0.2, 0) is 0 Å². The van der Waals surface area contributed by atoms with Gasteiger partial charge in [-0.1, -0.05) is 12.1 Å². The molecule has 0 saturated heterocycles. The van der Waals surface area contributed by atoms with Crippen LogP contribution in [0.4, 0.5) is 0 Å². The van der Waals surface area contributed by atoms with Crippen LogP contribution in [0, 0.1) is 48.3 Å². The van der Waals surface area contributed by atoms with Crippen LogP contribution in [0.25, 0.3) is 27.8 Å². The van der Waals surface area contributed by atoms with Crippen LogP contribution in [0.2, 0.25) is 0 Å². The van der Waals surface area contributed by atoms with Crippen molar-refractivity contribution in [2.75, 3.05) is 0 Å². The molecule has 0 bridgehead atoms. The van der Waals surface area contributed by atoms with Crippen molar-refractivity contribution in [2.45, 2.75) is 41.5 Å². The Kier molecular flexibility index (Phi) is 3.91. The predicted molar refractivity (Wildman–Crippen MR) is 117 cm³/mol. The fraction of sp³-hybridized carbons (Fsp3) is 0.231. The Balaban J connectivity index is 2.41. The molecular weight excluding hydrogens is 368 g/mol. The number of benzene rings is 2. The summed E-state index contributed by atoms with van der Waals surface area (Å²) in [7, 11) is 0. The molecule has 0 aliphatic carbocycles. The molecule has 0 atom stereocenters. The summed E-state index contributed by atoms with van der Waals surface area (Å²) in [5, 5.41) is 0. The highest BCUT2D eigenvalue weighted by molar-refractivity contribution is 5.70. The molecule has 0 unspecified atom stereocenters. The average Bonchev–Trinajstić information content (AvgIpc) is 3.11. The molecule has 4 heteroatoms. The van der Waals surface area contributed by atoms with Gasteiger partial charge in [-0.05, 0) is 41.5 Å². The highest BCUT2D eigenvalue weighted by Crippen LogP contribution is 2.16. The van der Waals surface area contributed by atoms with Crippen molar-refractivity contribution in [3.05, 3.63) is 89.2 Å². The van der Waals surface area contributed by atoms with E-state index in [0.29, 0.717) is 0 Å². The summed E-state index contributed by atoms with van der Waals surface area (Å²) in [5.41, 5.74) is 12.0. The van der Waals surface area contributed by atoms with Crippen molar-refractivity contribution in [3.8, 4) is 0 Å². The Morgan fingerprint density at radius 3 is 2.10 bits per heavy atom. The van der Waals surface area contributed by atoms with Gasteiger partial charge in [-0.2, -0.15) is 16.5 Å². The number of rotatable bonds is 0. The van der Waals surface area contributed by atoms with Crippen molar-refractivity contribution in [2.24, 2.45) is 0 Å². The van der Waals surface area contributed by atoms with Gasteiger partial charge in [0.2, 0.25) is 0 Å². The number of fused-ring (bicyclic) bond motifs is 5. The Morgan fingerprint density at radius 2 is 1.37 bits per heavy atom. The first-order valence-corrected chi connectivity index (χ1v) is 10.4. The highest BCUT2D eigenvalue weighted by Gasteiger charge is 2.31. The lowest BCUT2D eigenvalue weighted by atomic mass is 10.2. The second-order valence-electron chi connectivity index (χ2n) is 8.30. The minimum atomic E-state index is 1.10. The van der Waals surface area contributed by atoms with Crippen molar-refractivity contribution >= 4 is 27.8 Å². The Labute approximate surface area is 176 Å². The summed E-state index contributed by atoms with van der Waals surface area (Å²) in [6.45, 7) is 17.6. The zero-order valence-corrected chi connectivity index (χ0v) is 18.6. The molecule has 0 aliphatic heterocycles. The third-order valence-electron chi connectivity index (χ3n) is 6.96. The fourth-order valence-corrected chi connectivity index (χ4v) is 4.75. The lowest BCUT2D eigenvalue weighted by Crippen LogP contribution is -2.47. The summed E-state index contributed by atoms with van der Waals surface area (Å²) < 4.78 is 9.27. The topological polar surface area (TPSA) is 18.2 Å². The molecule has 5 aromatic rings. The van der Waals surface area contributed by atoms with E-state index in [4.69, 9.17) is 0 Å². The number of aryl methyl sites for hydroxylation is 3. The lowest BCUT2D eigenvalue weighted by molar-refractivity contribution is -0.705. The van der Waals surface area contributed by atoms with Crippen LogP contribution in [0.15, 0.2) is 48.5 Å². The van der Waals surface area contributed by atoms with E-state index in [2.05, 4.69) is 114 Å². The van der Waals surface area contributed by atoms with Crippen LogP contribution in [0.3, 0.4) is 0 Å². The van der Waals surface area contributed by atoms with E-state index in [0.717, 1.165) is 22.5 Å². The Bertz CT molecular complexity index is 1610. The molecule has 0 radical (unpaired) electrons. The largest absolute Gasteiger partial charge is 0.618 e. The van der Waals surface area contributed by atoms with Gasteiger partial charge in [-0.25, -0.2) is 0 Å². The zero-order chi connectivity index (χ0) is 21.3. The fourth-order valence-electron chi connectivity index (χ4n) is 4.75. The van der Waals surface area contributed by atoms with Gasteiger partial charge in [0.05, 0.1) is 6.72 Å². The summed E-state index contributed by atoms with van der Waals surface area (Å²) in [6.07, 6.45) is 0. The quantitative estimate of drug-likeness (QED) is 0.283. The molecule has 0 aliphatic rings. The molecule has 5 rings (SSSR count). The molecule has 0 spiro atoms. The summed E-state index contributed by atoms with van der Waals surface area (Å²) >= 11 is 0. The van der Waals surface area contributed by atoms with E-state index < -0.39 is 0 Å². The Hall–Kier alpha value is -3.40. The summed E-state index contributed by atoms with van der Waals surface area (Å²) in [4.78, 5) is 0. The molecule has 3 heterocycles. The molecule has 4 nitrogen and oxygen atoms in total. The van der Waals surface area contributed by atoms with E-state index in [1.807, 2.05) is 0 Å². The highest BCUT2D eigenvalue weighted by atomic mass is 15.2. The van der Waals surface area contributed by atoms with Gasteiger partial charge in [0.25, 0.3) is 0 Å². The molecule has 2 aromatic carbocycles. The third-order valence-corrected chi connectivity index (χ3v) is 6.96. The van der Waals surface area contributed by atoms with Crippen molar-refractivity contribution in [1.29, 1.82) is 0 Å². The number of hydrogen-bond donors (Lipinski definition) is 0. The van der Waals surface area contributed by atoms with E-state index in [1.165, 1.54) is 39.2 Å². The smallest absolute Gasteiger partial charge is 0.276 e. The van der Waals surface area contributed by atoms with Crippen LogP contribution in [-0.4, -0.2) is 0 Å². The SMILES string of the molecule is C=[n+]1c(C)c(C)[c-](C)[n+]2c3cccc[c-]3[n+]3c(C)c(C)c(C)[n+](c23)[c-]2cccc[c-]21. The van der Waals surface area contributed by atoms with E-state index in [1.54, 1.807) is 0 Å². The number of aromatic nitrogens is 4. The molecule has 0 fully saturated rings. The van der Waals surface area contributed by atoms with E-state index in [-0.39, 0.29) is 0 Å². The maximum absolute atomic E-state index is 4.42. The van der Waals surface area contributed by atoms with Gasteiger partial charge in [-0.15, -0.1) is 33.1 Å². The van der Waals surface area contributed by atoms with Crippen LogP contribution < -0.4 is 17.4 Å². The molecule has 0 amide bonds. The van der Waals surface area contributed by atoms with Gasteiger partial charge in [0.1, 0.15) is 33.8 Å². The first kappa shape index (κ1) is 18.6. The van der Waals surface area contributed by atoms with Crippen molar-refractivity contribution in [1.82, 2.24) is 0 Å². The molecule has 152 valence electrons.